The molecule has 2 aromatic carbocycles. The van der Waals surface area contributed by atoms with E-state index in [4.69, 9.17) is 14.2 Å². The van der Waals surface area contributed by atoms with Gasteiger partial charge in [0.05, 0.1) is 19.0 Å². The first-order valence-electron chi connectivity index (χ1n) is 11.1. The van der Waals surface area contributed by atoms with Crippen LogP contribution in [0.3, 0.4) is 0 Å². The maximum atomic E-state index is 13.0. The zero-order chi connectivity index (χ0) is 24.4. The number of nitrogens with zero attached hydrogens (tertiary/aromatic N) is 1. The predicted octanol–water partition coefficient (Wildman–Crippen LogP) is 6.30. The summed E-state index contributed by atoms with van der Waals surface area (Å²) in [5.41, 5.74) is 1.28. The van der Waals surface area contributed by atoms with Crippen LogP contribution in [0.4, 0.5) is 4.79 Å². The molecule has 1 aromatic heterocycles. The summed E-state index contributed by atoms with van der Waals surface area (Å²) >= 11 is 0. The van der Waals surface area contributed by atoms with Crippen molar-refractivity contribution >= 4 is 23.0 Å². The van der Waals surface area contributed by atoms with E-state index in [1.165, 1.54) is 4.57 Å². The topological polar surface area (TPSA) is 66.8 Å². The van der Waals surface area contributed by atoms with Crippen molar-refractivity contribution in [2.75, 3.05) is 7.11 Å². The molecule has 0 aliphatic rings. The van der Waals surface area contributed by atoms with Crippen molar-refractivity contribution in [2.45, 2.75) is 65.1 Å². The molecule has 6 heteroatoms. The Morgan fingerprint density at radius 1 is 0.879 bits per heavy atom. The monoisotopic (exact) mass is 451 g/mol. The Morgan fingerprint density at radius 2 is 1.48 bits per heavy atom. The van der Waals surface area contributed by atoms with Crippen molar-refractivity contribution in [2.24, 2.45) is 0 Å². The molecule has 0 aliphatic heterocycles. The second kappa shape index (κ2) is 9.30. The number of hydrogen-bond acceptors (Lipinski definition) is 5. The molecule has 176 valence electrons. The molecule has 0 radical (unpaired) electrons. The maximum Gasteiger partial charge on any atom is 0.419 e. The van der Waals surface area contributed by atoms with E-state index in [0.29, 0.717) is 0 Å². The molecule has 1 heterocycles. The fourth-order valence-corrected chi connectivity index (χ4v) is 3.74. The number of carbonyl (C=O) groups excluding carboxylic acids is 2. The van der Waals surface area contributed by atoms with Crippen LogP contribution < -0.4 is 4.74 Å². The zero-order valence-corrected chi connectivity index (χ0v) is 20.5. The molecule has 0 saturated carbocycles. The maximum absolute atomic E-state index is 13.0. The third-order valence-corrected chi connectivity index (χ3v) is 5.02. The molecule has 3 aromatic rings. The van der Waals surface area contributed by atoms with E-state index in [-0.39, 0.29) is 18.3 Å². The van der Waals surface area contributed by atoms with Gasteiger partial charge in [-0.3, -0.25) is 9.36 Å². The fraction of sp³-hybridized carbons (Fsp3) is 0.407. The number of aromatic nitrogens is 1. The van der Waals surface area contributed by atoms with Gasteiger partial charge in [-0.05, 0) is 70.9 Å². The summed E-state index contributed by atoms with van der Waals surface area (Å²) in [5, 5.41) is 0.882. The van der Waals surface area contributed by atoms with Crippen molar-refractivity contribution in [1.82, 2.24) is 4.57 Å². The number of hydrogen-bond donors (Lipinski definition) is 0. The largest absolute Gasteiger partial charge is 0.497 e. The van der Waals surface area contributed by atoms with Gasteiger partial charge < -0.3 is 14.2 Å². The summed E-state index contributed by atoms with van der Waals surface area (Å²) in [5.74, 6) is 0.0997. The number of fused-ring (bicyclic) bond motifs is 1. The molecule has 0 aliphatic carbocycles. The van der Waals surface area contributed by atoms with Crippen LogP contribution in [0.1, 0.15) is 65.0 Å². The third-order valence-electron chi connectivity index (χ3n) is 5.02. The Kier molecular flexibility index (Phi) is 6.86. The molecule has 0 spiro atoms. The summed E-state index contributed by atoms with van der Waals surface area (Å²) in [7, 11) is 1.61. The van der Waals surface area contributed by atoms with Crippen LogP contribution in [0, 0.1) is 0 Å². The van der Waals surface area contributed by atoms with Gasteiger partial charge >= 0.3 is 12.1 Å². The second-order valence-corrected chi connectivity index (χ2v) is 10.1. The second-order valence-electron chi connectivity index (χ2n) is 10.1. The molecule has 0 fully saturated rings. The van der Waals surface area contributed by atoms with Gasteiger partial charge in [-0.1, -0.05) is 30.3 Å². The molecule has 0 amide bonds. The minimum atomic E-state index is -0.630. The van der Waals surface area contributed by atoms with Crippen molar-refractivity contribution in [3.05, 3.63) is 65.9 Å². The average Bonchev–Trinajstić information content (AvgIpc) is 3.09. The molecule has 33 heavy (non-hydrogen) atoms. The number of para-hydroxylation sites is 1. The molecule has 6 nitrogen and oxygen atoms in total. The quantitative estimate of drug-likeness (QED) is 0.426. The normalized spacial score (nSPS) is 12.9. The highest BCUT2D eigenvalue weighted by Crippen LogP contribution is 2.36. The molecule has 0 unspecified atom stereocenters. The van der Waals surface area contributed by atoms with Crippen LogP contribution in [0.2, 0.25) is 0 Å². The zero-order valence-electron chi connectivity index (χ0n) is 20.5. The van der Waals surface area contributed by atoms with E-state index < -0.39 is 17.3 Å². The van der Waals surface area contributed by atoms with Gasteiger partial charge in [-0.15, -0.1) is 0 Å². The summed E-state index contributed by atoms with van der Waals surface area (Å²) < 4.78 is 18.1. The van der Waals surface area contributed by atoms with Crippen molar-refractivity contribution in [3.8, 4) is 5.75 Å². The molecular formula is C27H33NO5. The Labute approximate surface area is 195 Å². The van der Waals surface area contributed by atoms with Crippen molar-refractivity contribution in [3.63, 3.8) is 0 Å². The first-order chi connectivity index (χ1) is 15.4. The van der Waals surface area contributed by atoms with E-state index in [1.807, 2.05) is 90.1 Å². The summed E-state index contributed by atoms with van der Waals surface area (Å²) in [6.07, 6.45) is 1.44. The Hall–Kier alpha value is -3.28. The number of carbonyl (C=O) groups is 2. The number of esters is 1. The molecule has 1 atom stereocenters. The lowest BCUT2D eigenvalue weighted by Crippen LogP contribution is -2.26. The summed E-state index contributed by atoms with van der Waals surface area (Å²) in [6, 6.07) is 15.2. The highest BCUT2D eigenvalue weighted by Gasteiger charge is 2.28. The molecule has 0 bridgehead atoms. The number of methoxy groups -OCH3 is 1. The molecule has 3 rings (SSSR count). The number of ether oxygens (including phenoxy) is 3. The lowest BCUT2D eigenvalue weighted by Gasteiger charge is -2.23. The van der Waals surface area contributed by atoms with Crippen LogP contribution in [-0.2, 0) is 14.3 Å². The smallest absolute Gasteiger partial charge is 0.419 e. The molecule has 0 N–H and O–H groups in total. The Morgan fingerprint density at radius 3 is 2.06 bits per heavy atom. The van der Waals surface area contributed by atoms with Gasteiger partial charge in [0.2, 0.25) is 0 Å². The van der Waals surface area contributed by atoms with E-state index in [9.17, 15) is 9.59 Å². The first-order valence-corrected chi connectivity index (χ1v) is 11.1. The van der Waals surface area contributed by atoms with E-state index in [2.05, 4.69) is 0 Å². The lowest BCUT2D eigenvalue weighted by molar-refractivity contribution is -0.155. The highest BCUT2D eigenvalue weighted by molar-refractivity contribution is 5.93. The van der Waals surface area contributed by atoms with Gasteiger partial charge in [0.25, 0.3) is 0 Å². The minimum absolute atomic E-state index is 0.131. The van der Waals surface area contributed by atoms with Crippen molar-refractivity contribution < 1.29 is 23.8 Å². The minimum Gasteiger partial charge on any atom is -0.497 e. The highest BCUT2D eigenvalue weighted by atomic mass is 16.6. The molecular weight excluding hydrogens is 418 g/mol. The van der Waals surface area contributed by atoms with E-state index >= 15 is 0 Å². The van der Waals surface area contributed by atoms with Crippen LogP contribution in [0.5, 0.6) is 5.75 Å². The van der Waals surface area contributed by atoms with E-state index in [1.54, 1.807) is 13.3 Å². The van der Waals surface area contributed by atoms with Gasteiger partial charge in [0.1, 0.15) is 17.0 Å². The summed E-state index contributed by atoms with van der Waals surface area (Å²) in [6.45, 7) is 11.0. The lowest BCUT2D eigenvalue weighted by atomic mass is 9.88. The average molecular weight is 452 g/mol. The Bertz CT molecular complexity index is 1130. The van der Waals surface area contributed by atoms with Gasteiger partial charge in [-0.2, -0.15) is 0 Å². The van der Waals surface area contributed by atoms with Crippen LogP contribution in [0.25, 0.3) is 10.9 Å². The third kappa shape index (κ3) is 6.15. The summed E-state index contributed by atoms with van der Waals surface area (Å²) in [4.78, 5) is 25.8. The standard InChI is InChI=1S/C27H33NO5/c1-26(2,3)32-24(29)16-21(18-12-14-19(31-7)15-13-18)22-17-28(25(30)33-27(4,5)6)23-11-9-8-10-20(22)23/h8-15,17,21H,16H2,1-7H3/t21-/m1/s1. The van der Waals surface area contributed by atoms with Gasteiger partial charge in [0, 0.05) is 17.5 Å². The van der Waals surface area contributed by atoms with Crippen LogP contribution in [-0.4, -0.2) is 34.9 Å². The fourth-order valence-electron chi connectivity index (χ4n) is 3.74. The van der Waals surface area contributed by atoms with Crippen LogP contribution in [0.15, 0.2) is 54.7 Å². The van der Waals surface area contributed by atoms with Gasteiger partial charge in [0.15, 0.2) is 0 Å². The number of benzene rings is 2. The van der Waals surface area contributed by atoms with Gasteiger partial charge in [-0.25, -0.2) is 4.79 Å². The van der Waals surface area contributed by atoms with E-state index in [0.717, 1.165) is 27.8 Å². The van der Waals surface area contributed by atoms with Crippen LogP contribution >= 0.6 is 0 Å². The first kappa shape index (κ1) is 24.4. The SMILES string of the molecule is COc1ccc([C@@H](CC(=O)OC(C)(C)C)c2cn(C(=O)OC(C)(C)C)c3ccccc23)cc1. The predicted molar refractivity (Wildman–Crippen MR) is 129 cm³/mol. The van der Waals surface area contributed by atoms with Crippen molar-refractivity contribution in [1.29, 1.82) is 0 Å². The number of rotatable bonds is 5. The molecule has 0 saturated heterocycles. The Balaban J connectivity index is 2.11.